The summed E-state index contributed by atoms with van der Waals surface area (Å²) >= 11 is 0. The molecule has 19 heavy (non-hydrogen) atoms. The van der Waals surface area contributed by atoms with Crippen LogP contribution in [-0.4, -0.2) is 27.7 Å². The zero-order valence-electron chi connectivity index (χ0n) is 11.4. The Bertz CT molecular complexity index is 551. The predicted molar refractivity (Wildman–Crippen MR) is 74.3 cm³/mol. The van der Waals surface area contributed by atoms with E-state index < -0.39 is 6.09 Å². The van der Waals surface area contributed by atoms with E-state index in [4.69, 9.17) is 5.11 Å². The number of H-pyrrole nitrogens is 1. The number of carboxylic acid groups (broad SMARTS) is 1. The largest absolute Gasteiger partial charge is 0.465 e. The second kappa shape index (κ2) is 4.91. The number of para-hydroxylation sites is 2. The number of nitrogens with one attached hydrogen (secondary N) is 2. The van der Waals surface area contributed by atoms with Crippen LogP contribution in [0, 0.1) is 5.41 Å². The van der Waals surface area contributed by atoms with Crippen molar-refractivity contribution in [3.63, 3.8) is 0 Å². The van der Waals surface area contributed by atoms with Gasteiger partial charge in [0.25, 0.3) is 0 Å². The Hall–Kier alpha value is -2.04. The van der Waals surface area contributed by atoms with Gasteiger partial charge in [-0.25, -0.2) is 9.78 Å². The smallest absolute Gasteiger partial charge is 0.404 e. The molecule has 1 unspecified atom stereocenters. The lowest BCUT2D eigenvalue weighted by Crippen LogP contribution is -2.33. The number of carbonyl (C=O) groups is 1. The van der Waals surface area contributed by atoms with Crippen LogP contribution in [-0.2, 0) is 0 Å². The first kappa shape index (κ1) is 13.4. The summed E-state index contributed by atoms with van der Waals surface area (Å²) in [5.74, 6) is 0.818. The number of hydrogen-bond acceptors (Lipinski definition) is 2. The number of nitrogens with zero attached hydrogens (tertiary/aromatic N) is 1. The molecule has 1 aromatic carbocycles. The molecule has 3 N–H and O–H groups in total. The summed E-state index contributed by atoms with van der Waals surface area (Å²) in [4.78, 5) is 18.5. The second-order valence-corrected chi connectivity index (χ2v) is 5.74. The highest BCUT2D eigenvalue weighted by Crippen LogP contribution is 2.33. The van der Waals surface area contributed by atoms with Gasteiger partial charge in [0.1, 0.15) is 5.82 Å². The van der Waals surface area contributed by atoms with Crippen molar-refractivity contribution >= 4 is 17.1 Å². The topological polar surface area (TPSA) is 78.0 Å². The van der Waals surface area contributed by atoms with Crippen molar-refractivity contribution in [1.29, 1.82) is 0 Å². The lowest BCUT2D eigenvalue weighted by Gasteiger charge is -2.28. The van der Waals surface area contributed by atoms with Crippen LogP contribution in [0.3, 0.4) is 0 Å². The van der Waals surface area contributed by atoms with E-state index in [-0.39, 0.29) is 11.3 Å². The molecule has 0 aliphatic carbocycles. The van der Waals surface area contributed by atoms with Crippen LogP contribution in [0.4, 0.5) is 4.79 Å². The van der Waals surface area contributed by atoms with E-state index in [2.05, 4.69) is 36.1 Å². The predicted octanol–water partition coefficient (Wildman–Crippen LogP) is 2.96. The molecule has 0 aliphatic rings. The number of rotatable bonds is 3. The minimum Gasteiger partial charge on any atom is -0.465 e. The third-order valence-electron chi connectivity index (χ3n) is 3.24. The van der Waals surface area contributed by atoms with Gasteiger partial charge in [-0.3, -0.25) is 0 Å². The summed E-state index contributed by atoms with van der Waals surface area (Å²) in [6.07, 6.45) is -1.01. The van der Waals surface area contributed by atoms with Gasteiger partial charge >= 0.3 is 6.09 Å². The van der Waals surface area contributed by atoms with Crippen LogP contribution < -0.4 is 5.32 Å². The standard InChI is InChI=1S/C14H19N3O2/c1-14(2,3)9(8-15-13(18)19)12-16-10-6-4-5-7-11(10)17-12/h4-7,9,15H,8H2,1-3H3,(H,16,17)(H,18,19). The van der Waals surface area contributed by atoms with Crippen LogP contribution in [0.5, 0.6) is 0 Å². The Kier molecular flexibility index (Phi) is 3.46. The molecule has 0 fully saturated rings. The van der Waals surface area contributed by atoms with E-state index in [0.29, 0.717) is 6.54 Å². The molecule has 1 amide bonds. The SMILES string of the molecule is CC(C)(C)C(CNC(=O)O)c1nc2ccccc2[nH]1. The number of amides is 1. The monoisotopic (exact) mass is 261 g/mol. The average Bonchev–Trinajstić information content (AvgIpc) is 2.69. The Morgan fingerprint density at radius 1 is 1.42 bits per heavy atom. The highest BCUT2D eigenvalue weighted by molar-refractivity contribution is 5.74. The number of imidazole rings is 1. The molecule has 0 radical (unpaired) electrons. The highest BCUT2D eigenvalue weighted by atomic mass is 16.4. The molecule has 5 heteroatoms. The lowest BCUT2D eigenvalue weighted by molar-refractivity contribution is 0.190. The first-order chi connectivity index (χ1) is 8.88. The summed E-state index contributed by atoms with van der Waals surface area (Å²) in [7, 11) is 0. The van der Waals surface area contributed by atoms with Crippen molar-refractivity contribution < 1.29 is 9.90 Å². The molecular formula is C14H19N3O2. The molecular weight excluding hydrogens is 242 g/mol. The zero-order valence-corrected chi connectivity index (χ0v) is 11.4. The highest BCUT2D eigenvalue weighted by Gasteiger charge is 2.29. The van der Waals surface area contributed by atoms with Gasteiger partial charge in [-0.2, -0.15) is 0 Å². The molecule has 102 valence electrons. The molecule has 0 saturated heterocycles. The van der Waals surface area contributed by atoms with Gasteiger partial charge in [-0.1, -0.05) is 32.9 Å². The van der Waals surface area contributed by atoms with E-state index in [1.165, 1.54) is 0 Å². The molecule has 0 bridgehead atoms. The lowest BCUT2D eigenvalue weighted by atomic mass is 9.80. The molecule has 0 spiro atoms. The van der Waals surface area contributed by atoms with E-state index in [1.807, 2.05) is 24.3 Å². The number of aromatic nitrogens is 2. The van der Waals surface area contributed by atoms with Gasteiger partial charge in [0, 0.05) is 12.5 Å². The Morgan fingerprint density at radius 3 is 2.68 bits per heavy atom. The second-order valence-electron chi connectivity index (χ2n) is 5.74. The fourth-order valence-electron chi connectivity index (χ4n) is 2.14. The molecule has 2 aromatic rings. The van der Waals surface area contributed by atoms with Crippen LogP contribution in [0.15, 0.2) is 24.3 Å². The van der Waals surface area contributed by atoms with Crippen molar-refractivity contribution in [2.45, 2.75) is 26.7 Å². The summed E-state index contributed by atoms with van der Waals surface area (Å²) < 4.78 is 0. The number of aromatic amines is 1. The van der Waals surface area contributed by atoms with Gasteiger partial charge in [0.2, 0.25) is 0 Å². The Morgan fingerprint density at radius 2 is 2.11 bits per heavy atom. The summed E-state index contributed by atoms with van der Waals surface area (Å²) in [6, 6.07) is 7.80. The average molecular weight is 261 g/mol. The van der Waals surface area contributed by atoms with Crippen LogP contribution >= 0.6 is 0 Å². The quantitative estimate of drug-likeness (QED) is 0.794. The van der Waals surface area contributed by atoms with Crippen molar-refractivity contribution in [3.05, 3.63) is 30.1 Å². The first-order valence-corrected chi connectivity index (χ1v) is 6.29. The Labute approximate surface area is 112 Å². The molecule has 1 atom stereocenters. The van der Waals surface area contributed by atoms with Gasteiger partial charge in [0.15, 0.2) is 0 Å². The van der Waals surface area contributed by atoms with Gasteiger partial charge in [-0.15, -0.1) is 0 Å². The maximum atomic E-state index is 10.7. The maximum Gasteiger partial charge on any atom is 0.404 e. The fourth-order valence-corrected chi connectivity index (χ4v) is 2.14. The molecule has 0 aliphatic heterocycles. The normalized spacial score (nSPS) is 13.4. The van der Waals surface area contributed by atoms with E-state index >= 15 is 0 Å². The molecule has 1 aromatic heterocycles. The molecule has 1 heterocycles. The summed E-state index contributed by atoms with van der Waals surface area (Å²) in [5, 5.41) is 11.2. The van der Waals surface area contributed by atoms with E-state index in [9.17, 15) is 4.79 Å². The van der Waals surface area contributed by atoms with Crippen molar-refractivity contribution in [1.82, 2.24) is 15.3 Å². The molecule has 0 saturated carbocycles. The first-order valence-electron chi connectivity index (χ1n) is 6.29. The van der Waals surface area contributed by atoms with Gasteiger partial charge in [-0.05, 0) is 17.5 Å². The molecule has 5 nitrogen and oxygen atoms in total. The fraction of sp³-hybridized carbons (Fsp3) is 0.429. The third kappa shape index (κ3) is 3.05. The van der Waals surface area contributed by atoms with Crippen molar-refractivity contribution in [3.8, 4) is 0 Å². The van der Waals surface area contributed by atoms with Crippen molar-refractivity contribution in [2.24, 2.45) is 5.41 Å². The zero-order chi connectivity index (χ0) is 14.0. The maximum absolute atomic E-state index is 10.7. The van der Waals surface area contributed by atoms with Gasteiger partial charge < -0.3 is 15.4 Å². The minimum absolute atomic E-state index is 0.00370. The van der Waals surface area contributed by atoms with Gasteiger partial charge in [0.05, 0.1) is 11.0 Å². The van der Waals surface area contributed by atoms with E-state index in [1.54, 1.807) is 0 Å². The number of benzene rings is 1. The van der Waals surface area contributed by atoms with Crippen LogP contribution in [0.25, 0.3) is 11.0 Å². The third-order valence-corrected chi connectivity index (χ3v) is 3.24. The van der Waals surface area contributed by atoms with Crippen molar-refractivity contribution in [2.75, 3.05) is 6.54 Å². The summed E-state index contributed by atoms with van der Waals surface area (Å²) in [5.41, 5.74) is 1.79. The number of hydrogen-bond donors (Lipinski definition) is 3. The van der Waals surface area contributed by atoms with E-state index in [0.717, 1.165) is 16.9 Å². The Balaban J connectivity index is 2.34. The number of fused-ring (bicyclic) bond motifs is 1. The minimum atomic E-state index is -1.01. The van der Waals surface area contributed by atoms with Crippen LogP contribution in [0.1, 0.15) is 32.5 Å². The van der Waals surface area contributed by atoms with Crippen LogP contribution in [0.2, 0.25) is 0 Å². The summed E-state index contributed by atoms with van der Waals surface area (Å²) in [6.45, 7) is 6.58. The molecule has 2 rings (SSSR count).